The molecule has 0 fully saturated rings. The summed E-state index contributed by atoms with van der Waals surface area (Å²) in [6.45, 7) is 2.12. The van der Waals surface area contributed by atoms with Crippen LogP contribution >= 0.6 is 0 Å². The van der Waals surface area contributed by atoms with Crippen LogP contribution in [0.15, 0.2) is 18.2 Å². The van der Waals surface area contributed by atoms with Crippen LogP contribution in [0.2, 0.25) is 0 Å². The van der Waals surface area contributed by atoms with E-state index in [0.717, 1.165) is 5.56 Å². The molecule has 1 atom stereocenters. The van der Waals surface area contributed by atoms with Crippen LogP contribution < -0.4 is 4.74 Å². The van der Waals surface area contributed by atoms with Gasteiger partial charge in [0.05, 0.1) is 6.61 Å². The maximum atomic E-state index is 12.9. The number of aliphatic hydroxyl groups is 1. The van der Waals surface area contributed by atoms with Gasteiger partial charge in [-0.3, -0.25) is 0 Å². The van der Waals surface area contributed by atoms with E-state index >= 15 is 0 Å². The van der Waals surface area contributed by atoms with Crippen molar-refractivity contribution in [1.82, 2.24) is 0 Å². The number of aryl methyl sites for hydroxylation is 1. The van der Waals surface area contributed by atoms with Crippen LogP contribution in [-0.4, -0.2) is 31.5 Å². The van der Waals surface area contributed by atoms with Crippen LogP contribution in [-0.2, 0) is 4.74 Å². The van der Waals surface area contributed by atoms with E-state index in [4.69, 9.17) is 9.47 Å². The molecule has 0 aliphatic carbocycles. The lowest BCUT2D eigenvalue weighted by Crippen LogP contribution is -2.22. The van der Waals surface area contributed by atoms with Gasteiger partial charge in [-0.15, -0.1) is 0 Å². The van der Waals surface area contributed by atoms with Crippen molar-refractivity contribution in [3.05, 3.63) is 29.6 Å². The molecule has 15 heavy (non-hydrogen) atoms. The molecule has 0 aromatic heterocycles. The largest absolute Gasteiger partial charge is 0.490 e. The Bertz CT molecular complexity index is 315. The molecule has 0 saturated carbocycles. The van der Waals surface area contributed by atoms with Gasteiger partial charge in [0.2, 0.25) is 0 Å². The van der Waals surface area contributed by atoms with E-state index < -0.39 is 6.10 Å². The van der Waals surface area contributed by atoms with E-state index in [1.807, 2.05) is 6.92 Å². The number of hydrogen-bond acceptors (Lipinski definition) is 3. The molecular weight excluding hydrogens is 199 g/mol. The summed E-state index contributed by atoms with van der Waals surface area (Å²) >= 11 is 0. The van der Waals surface area contributed by atoms with Crippen molar-refractivity contribution < 1.29 is 19.0 Å². The molecule has 0 spiro atoms. The van der Waals surface area contributed by atoms with E-state index in [0.29, 0.717) is 5.75 Å². The minimum atomic E-state index is -0.697. The number of halogens is 1. The molecular formula is C11H15FO3. The van der Waals surface area contributed by atoms with Crippen LogP contribution in [0.25, 0.3) is 0 Å². The molecule has 1 rings (SSSR count). The zero-order valence-corrected chi connectivity index (χ0v) is 8.87. The Labute approximate surface area is 88.4 Å². The van der Waals surface area contributed by atoms with Crippen molar-refractivity contribution in [2.75, 3.05) is 20.3 Å². The van der Waals surface area contributed by atoms with Crippen LogP contribution in [0.1, 0.15) is 5.56 Å². The van der Waals surface area contributed by atoms with E-state index in [1.165, 1.54) is 19.2 Å². The highest BCUT2D eigenvalue weighted by atomic mass is 19.1. The second-order valence-electron chi connectivity index (χ2n) is 3.33. The minimum absolute atomic E-state index is 0.0954. The highest BCUT2D eigenvalue weighted by Gasteiger charge is 2.06. The number of methoxy groups -OCH3 is 1. The lowest BCUT2D eigenvalue weighted by Gasteiger charge is -2.12. The maximum Gasteiger partial charge on any atom is 0.126 e. The molecule has 4 heteroatoms. The molecule has 1 unspecified atom stereocenters. The summed E-state index contributed by atoms with van der Waals surface area (Å²) in [5.41, 5.74) is 0.834. The first kappa shape index (κ1) is 11.9. The summed E-state index contributed by atoms with van der Waals surface area (Å²) in [6.07, 6.45) is -0.697. The summed E-state index contributed by atoms with van der Waals surface area (Å²) < 4.78 is 22.9. The van der Waals surface area contributed by atoms with Crippen LogP contribution in [0.4, 0.5) is 4.39 Å². The Morgan fingerprint density at radius 2 is 2.13 bits per heavy atom. The van der Waals surface area contributed by atoms with Gasteiger partial charge in [0, 0.05) is 13.2 Å². The molecule has 0 heterocycles. The Hall–Kier alpha value is -1.13. The van der Waals surface area contributed by atoms with Gasteiger partial charge in [0.25, 0.3) is 0 Å². The molecule has 0 aliphatic rings. The molecule has 3 nitrogen and oxygen atoms in total. The smallest absolute Gasteiger partial charge is 0.126 e. The summed E-state index contributed by atoms with van der Waals surface area (Å²) in [5.74, 6) is 0.0991. The Morgan fingerprint density at radius 1 is 1.40 bits per heavy atom. The lowest BCUT2D eigenvalue weighted by molar-refractivity contribution is 0.0323. The summed E-state index contributed by atoms with van der Waals surface area (Å²) in [7, 11) is 1.50. The van der Waals surface area contributed by atoms with E-state index in [1.54, 1.807) is 6.07 Å². The van der Waals surface area contributed by atoms with Crippen molar-refractivity contribution in [2.45, 2.75) is 13.0 Å². The normalized spacial score (nSPS) is 12.5. The van der Waals surface area contributed by atoms with Crippen molar-refractivity contribution in [3.8, 4) is 5.75 Å². The summed E-state index contributed by atoms with van der Waals surface area (Å²) in [5, 5.41) is 9.33. The average Bonchev–Trinajstić information content (AvgIpc) is 2.20. The van der Waals surface area contributed by atoms with E-state index in [2.05, 4.69) is 0 Å². The predicted octanol–water partition coefficient (Wildman–Crippen LogP) is 1.52. The molecule has 0 bridgehead atoms. The standard InChI is InChI=1S/C11H15FO3/c1-8-3-4-9(12)5-11(8)15-7-10(13)6-14-2/h3-5,10,13H,6-7H2,1-2H3. The van der Waals surface area contributed by atoms with Crippen molar-refractivity contribution >= 4 is 0 Å². The number of ether oxygens (including phenoxy) is 2. The van der Waals surface area contributed by atoms with Crippen molar-refractivity contribution in [3.63, 3.8) is 0 Å². The number of benzene rings is 1. The van der Waals surface area contributed by atoms with Gasteiger partial charge in [0.15, 0.2) is 0 Å². The quantitative estimate of drug-likeness (QED) is 0.807. The third-order valence-corrected chi connectivity index (χ3v) is 1.94. The third-order valence-electron chi connectivity index (χ3n) is 1.94. The van der Waals surface area contributed by atoms with Gasteiger partial charge in [-0.25, -0.2) is 4.39 Å². The van der Waals surface area contributed by atoms with E-state index in [-0.39, 0.29) is 19.0 Å². The summed E-state index contributed by atoms with van der Waals surface area (Å²) in [6, 6.07) is 4.30. The Kier molecular flexibility index (Phi) is 4.52. The molecule has 1 aromatic carbocycles. The zero-order valence-electron chi connectivity index (χ0n) is 8.87. The number of aliphatic hydroxyl groups excluding tert-OH is 1. The van der Waals surface area contributed by atoms with E-state index in [9.17, 15) is 9.50 Å². The molecule has 1 aromatic rings. The monoisotopic (exact) mass is 214 g/mol. The maximum absolute atomic E-state index is 12.9. The highest BCUT2D eigenvalue weighted by Crippen LogP contribution is 2.18. The molecule has 1 N–H and O–H groups in total. The minimum Gasteiger partial charge on any atom is -0.490 e. The lowest BCUT2D eigenvalue weighted by atomic mass is 10.2. The van der Waals surface area contributed by atoms with Gasteiger partial charge >= 0.3 is 0 Å². The fraction of sp³-hybridized carbons (Fsp3) is 0.455. The predicted molar refractivity (Wildman–Crippen MR) is 54.5 cm³/mol. The molecule has 0 radical (unpaired) electrons. The highest BCUT2D eigenvalue weighted by molar-refractivity contribution is 5.32. The second-order valence-corrected chi connectivity index (χ2v) is 3.33. The van der Waals surface area contributed by atoms with Gasteiger partial charge in [-0.1, -0.05) is 6.07 Å². The average molecular weight is 214 g/mol. The Morgan fingerprint density at radius 3 is 2.80 bits per heavy atom. The van der Waals surface area contributed by atoms with Gasteiger partial charge in [0.1, 0.15) is 24.3 Å². The first-order valence-corrected chi connectivity index (χ1v) is 4.69. The number of rotatable bonds is 5. The van der Waals surface area contributed by atoms with Crippen molar-refractivity contribution in [1.29, 1.82) is 0 Å². The molecule has 0 saturated heterocycles. The Balaban J connectivity index is 2.53. The van der Waals surface area contributed by atoms with Gasteiger partial charge in [-0.05, 0) is 18.6 Å². The van der Waals surface area contributed by atoms with Crippen LogP contribution in [0.3, 0.4) is 0 Å². The first-order chi connectivity index (χ1) is 7.13. The topological polar surface area (TPSA) is 38.7 Å². The fourth-order valence-electron chi connectivity index (χ4n) is 1.16. The fourth-order valence-corrected chi connectivity index (χ4v) is 1.16. The van der Waals surface area contributed by atoms with Crippen LogP contribution in [0.5, 0.6) is 5.75 Å². The van der Waals surface area contributed by atoms with Crippen molar-refractivity contribution in [2.24, 2.45) is 0 Å². The first-order valence-electron chi connectivity index (χ1n) is 4.69. The van der Waals surface area contributed by atoms with Gasteiger partial charge < -0.3 is 14.6 Å². The zero-order chi connectivity index (χ0) is 11.3. The second kappa shape index (κ2) is 5.68. The third kappa shape index (κ3) is 3.85. The summed E-state index contributed by atoms with van der Waals surface area (Å²) in [4.78, 5) is 0. The SMILES string of the molecule is COCC(O)COc1cc(F)ccc1C. The molecule has 0 aliphatic heterocycles. The van der Waals surface area contributed by atoms with Crippen LogP contribution in [0, 0.1) is 12.7 Å². The van der Waals surface area contributed by atoms with Gasteiger partial charge in [-0.2, -0.15) is 0 Å². The molecule has 0 amide bonds. The number of hydrogen-bond donors (Lipinski definition) is 1. The molecule has 84 valence electrons.